The van der Waals surface area contributed by atoms with Gasteiger partial charge in [0.15, 0.2) is 11.6 Å². The fourth-order valence-corrected chi connectivity index (χ4v) is 6.69. The highest BCUT2D eigenvalue weighted by atomic mass is 32.2. The average Bonchev–Trinajstić information content (AvgIpc) is 3.02. The van der Waals surface area contributed by atoms with Crippen LogP contribution in [0.4, 0.5) is 5.82 Å². The van der Waals surface area contributed by atoms with Crippen LogP contribution in [0.3, 0.4) is 0 Å². The number of ketones is 2. The summed E-state index contributed by atoms with van der Waals surface area (Å²) in [6.45, 7) is 5.85. The molecule has 3 rings (SSSR count). The number of methoxy groups -OCH3 is 1. The Morgan fingerprint density at radius 1 is 0.956 bits per heavy atom. The van der Waals surface area contributed by atoms with Crippen LogP contribution in [0.2, 0.25) is 0 Å². The van der Waals surface area contributed by atoms with E-state index in [1.807, 2.05) is 51.1 Å². The largest absolute Gasteiger partial charge is 0.497 e. The van der Waals surface area contributed by atoms with Crippen LogP contribution in [0.5, 0.6) is 5.75 Å². The van der Waals surface area contributed by atoms with Crippen LogP contribution in [0.15, 0.2) is 71.6 Å². The number of rotatable bonds is 18. The van der Waals surface area contributed by atoms with Crippen LogP contribution in [-0.4, -0.2) is 74.8 Å². The van der Waals surface area contributed by atoms with Crippen molar-refractivity contribution in [1.29, 1.82) is 0 Å². The summed E-state index contributed by atoms with van der Waals surface area (Å²) in [6, 6.07) is 18.9. The van der Waals surface area contributed by atoms with Crippen molar-refractivity contribution in [2.75, 3.05) is 39.2 Å². The first-order chi connectivity index (χ1) is 21.3. The van der Waals surface area contributed by atoms with E-state index in [4.69, 9.17) is 4.74 Å². The first kappa shape index (κ1) is 35.9. The van der Waals surface area contributed by atoms with Gasteiger partial charge in [0.2, 0.25) is 10.0 Å². The summed E-state index contributed by atoms with van der Waals surface area (Å²) < 4.78 is 34.0. The smallest absolute Gasteiger partial charge is 0.243 e. The Bertz CT molecular complexity index is 1510. The third-order valence-electron chi connectivity index (χ3n) is 7.62. The average molecular weight is 638 g/mol. The molecule has 45 heavy (non-hydrogen) atoms. The molecule has 0 aliphatic heterocycles. The van der Waals surface area contributed by atoms with Crippen LogP contribution < -0.4 is 9.64 Å². The highest BCUT2D eigenvalue weighted by Crippen LogP contribution is 2.26. The Labute approximate surface area is 268 Å². The summed E-state index contributed by atoms with van der Waals surface area (Å²) in [6.07, 6.45) is 1.10. The van der Waals surface area contributed by atoms with Gasteiger partial charge in [-0.2, -0.15) is 4.31 Å². The van der Waals surface area contributed by atoms with Crippen LogP contribution in [0.1, 0.15) is 72.9 Å². The number of unbranched alkanes of at least 4 members (excludes halogenated alkanes) is 1. The molecule has 0 saturated heterocycles. The molecule has 1 N–H and O–H groups in total. The number of Topliss-reactive ketones (excluding diaryl/α,β-unsaturated/α-hetero) is 2. The molecule has 3 aromatic rings. The van der Waals surface area contributed by atoms with Gasteiger partial charge in [-0.1, -0.05) is 57.5 Å². The number of aliphatic hydroxyl groups excluding tert-OH is 1. The lowest BCUT2D eigenvalue weighted by Gasteiger charge is -2.30. The highest BCUT2D eigenvalue weighted by Gasteiger charge is 2.32. The molecule has 0 aliphatic carbocycles. The molecule has 0 aliphatic rings. The van der Waals surface area contributed by atoms with Crippen LogP contribution in [0, 0.1) is 11.8 Å². The number of carbonyl (C=O) groups excluding carboxylic acids is 2. The van der Waals surface area contributed by atoms with Gasteiger partial charge >= 0.3 is 0 Å². The molecule has 0 spiro atoms. The third-order valence-corrected chi connectivity index (χ3v) is 9.47. The fourth-order valence-electron chi connectivity index (χ4n) is 5.06. The molecule has 0 bridgehead atoms. The zero-order valence-electron chi connectivity index (χ0n) is 27.3. The predicted octanol–water partition coefficient (Wildman–Crippen LogP) is 5.67. The number of hydrogen-bond donors (Lipinski definition) is 1. The first-order valence-electron chi connectivity index (χ1n) is 15.5. The number of nitrogens with zero attached hydrogens (tertiary/aromatic N) is 3. The number of hydrogen-bond acceptors (Lipinski definition) is 8. The van der Waals surface area contributed by atoms with Crippen molar-refractivity contribution in [1.82, 2.24) is 9.29 Å². The Balaban J connectivity index is 1.95. The monoisotopic (exact) mass is 637 g/mol. The summed E-state index contributed by atoms with van der Waals surface area (Å²) in [5.74, 6) is 0.0475. The van der Waals surface area contributed by atoms with Crippen LogP contribution in [-0.2, 0) is 16.4 Å². The zero-order valence-corrected chi connectivity index (χ0v) is 28.1. The molecule has 2 atom stereocenters. The van der Waals surface area contributed by atoms with Crippen molar-refractivity contribution in [2.24, 2.45) is 11.8 Å². The van der Waals surface area contributed by atoms with Crippen LogP contribution >= 0.6 is 0 Å². The van der Waals surface area contributed by atoms with Crippen molar-refractivity contribution >= 4 is 27.4 Å². The van der Waals surface area contributed by atoms with E-state index in [-0.39, 0.29) is 47.6 Å². The van der Waals surface area contributed by atoms with Gasteiger partial charge in [0, 0.05) is 45.6 Å². The summed E-state index contributed by atoms with van der Waals surface area (Å²) in [4.78, 5) is 33.0. The van der Waals surface area contributed by atoms with E-state index in [1.54, 1.807) is 43.3 Å². The zero-order chi connectivity index (χ0) is 33.1. The number of anilines is 1. The van der Waals surface area contributed by atoms with Crippen LogP contribution in [0.25, 0.3) is 0 Å². The normalized spacial score (nSPS) is 13.1. The molecule has 0 amide bonds. The standard InChI is InChI=1S/C35H47N3O6S/c1-7-8-14-32(39)31-20-28(22-35(36-31)37(4)5)33(40)21-27(19-26-12-10-9-11-13-26)34(41)24-38(23-25(2)3)45(42,43)30-17-15-29(44-6)16-18-30/h9-13,15-18,20,22,25,27,34,41H,7-8,14,19,21,23-24H2,1-6H3/t27-,34-/m1/s1. The van der Waals surface area contributed by atoms with E-state index >= 15 is 0 Å². The molecule has 1 aromatic heterocycles. The Hall–Kier alpha value is -3.60. The second-order valence-electron chi connectivity index (χ2n) is 12.1. The molecule has 0 radical (unpaired) electrons. The maximum absolute atomic E-state index is 13.8. The van der Waals surface area contributed by atoms with E-state index in [0.29, 0.717) is 30.0 Å². The van der Waals surface area contributed by atoms with E-state index in [9.17, 15) is 23.1 Å². The number of aliphatic hydroxyl groups is 1. The van der Waals surface area contributed by atoms with Gasteiger partial charge < -0.3 is 14.7 Å². The number of sulfonamides is 1. The van der Waals surface area contributed by atoms with E-state index in [1.165, 1.54) is 23.5 Å². The summed E-state index contributed by atoms with van der Waals surface area (Å²) in [7, 11) is 1.15. The van der Waals surface area contributed by atoms with Gasteiger partial charge in [0.1, 0.15) is 17.3 Å². The van der Waals surface area contributed by atoms with Gasteiger partial charge in [-0.25, -0.2) is 13.4 Å². The Kier molecular flexibility index (Phi) is 13.3. The topological polar surface area (TPSA) is 117 Å². The fraction of sp³-hybridized carbons (Fsp3) is 0.457. The lowest BCUT2D eigenvalue weighted by Crippen LogP contribution is -2.43. The maximum atomic E-state index is 13.8. The highest BCUT2D eigenvalue weighted by molar-refractivity contribution is 7.89. The lowest BCUT2D eigenvalue weighted by molar-refractivity contribution is 0.0689. The number of pyridine rings is 1. The summed E-state index contributed by atoms with van der Waals surface area (Å²) >= 11 is 0. The minimum Gasteiger partial charge on any atom is -0.497 e. The van der Waals surface area contributed by atoms with Gasteiger partial charge in [-0.15, -0.1) is 0 Å². The number of benzene rings is 2. The first-order valence-corrected chi connectivity index (χ1v) is 16.9. The minimum absolute atomic E-state index is 0.00984. The molecule has 0 unspecified atom stereocenters. The van der Waals surface area contributed by atoms with Crippen molar-refractivity contribution in [3.63, 3.8) is 0 Å². The van der Waals surface area contributed by atoms with Gasteiger partial charge in [-0.05, 0) is 66.6 Å². The Morgan fingerprint density at radius 3 is 2.20 bits per heavy atom. The van der Waals surface area contributed by atoms with Gasteiger partial charge in [0.05, 0.1) is 18.1 Å². The van der Waals surface area contributed by atoms with Crippen molar-refractivity contribution in [3.8, 4) is 5.75 Å². The van der Waals surface area contributed by atoms with Crippen molar-refractivity contribution in [2.45, 2.75) is 63.9 Å². The number of carbonyl (C=O) groups is 2. The van der Waals surface area contributed by atoms with Gasteiger partial charge in [-0.3, -0.25) is 9.59 Å². The number of ether oxygens (including phenoxy) is 1. The van der Waals surface area contributed by atoms with Crippen molar-refractivity contribution < 1.29 is 27.9 Å². The quantitative estimate of drug-likeness (QED) is 0.177. The van der Waals surface area contributed by atoms with E-state index < -0.39 is 22.0 Å². The Morgan fingerprint density at radius 2 is 1.62 bits per heavy atom. The molecule has 1 heterocycles. The molecule has 0 fully saturated rings. The van der Waals surface area contributed by atoms with E-state index in [2.05, 4.69) is 4.98 Å². The van der Waals surface area contributed by atoms with E-state index in [0.717, 1.165) is 18.4 Å². The summed E-state index contributed by atoms with van der Waals surface area (Å²) in [5, 5.41) is 11.7. The predicted molar refractivity (Wildman–Crippen MR) is 178 cm³/mol. The third kappa shape index (κ3) is 10.2. The molecule has 9 nitrogen and oxygen atoms in total. The van der Waals surface area contributed by atoms with Crippen molar-refractivity contribution in [3.05, 3.63) is 83.6 Å². The lowest BCUT2D eigenvalue weighted by atomic mass is 9.87. The molecule has 10 heteroatoms. The molecule has 2 aromatic carbocycles. The second kappa shape index (κ2) is 16.6. The maximum Gasteiger partial charge on any atom is 0.243 e. The summed E-state index contributed by atoms with van der Waals surface area (Å²) in [5.41, 5.74) is 1.50. The molecule has 244 valence electrons. The molecular formula is C35H47N3O6S. The van der Waals surface area contributed by atoms with Gasteiger partial charge in [0.25, 0.3) is 0 Å². The minimum atomic E-state index is -3.96. The number of aromatic nitrogens is 1. The SMILES string of the molecule is CCCCC(=O)c1cc(C(=O)C[C@@H](Cc2ccccc2)[C@H](O)CN(CC(C)C)S(=O)(=O)c2ccc(OC)cc2)cc(N(C)C)n1. The molecular weight excluding hydrogens is 590 g/mol. The molecule has 0 saturated carbocycles. The second-order valence-corrected chi connectivity index (χ2v) is 14.0.